The maximum atomic E-state index is 13.1. The molecule has 3 aromatic rings. The van der Waals surface area contributed by atoms with Gasteiger partial charge in [0, 0.05) is 5.69 Å². The number of para-hydroxylation sites is 1. The summed E-state index contributed by atoms with van der Waals surface area (Å²) in [6.45, 7) is 1.64. The van der Waals surface area contributed by atoms with Crippen LogP contribution in [0.3, 0.4) is 0 Å². The highest BCUT2D eigenvalue weighted by atomic mass is 35.5. The fraction of sp³-hybridized carbons (Fsp3) is 0.0769. The monoisotopic (exact) mass is 523 g/mol. The number of hydrogen-bond acceptors (Lipinski definition) is 5. The lowest BCUT2D eigenvalue weighted by atomic mass is 10.1. The molecule has 0 unspecified atom stereocenters. The number of amides is 5. The molecule has 1 aliphatic rings. The number of nitrogens with zero attached hydrogens (tertiary/aromatic N) is 1. The Labute approximate surface area is 216 Å². The van der Waals surface area contributed by atoms with Gasteiger partial charge in [0.1, 0.15) is 11.3 Å². The Morgan fingerprint density at radius 2 is 1.78 bits per heavy atom. The number of barbiturate groups is 1. The highest BCUT2D eigenvalue weighted by molar-refractivity contribution is 6.43. The minimum Gasteiger partial charge on any atom is -0.484 e. The van der Waals surface area contributed by atoms with Gasteiger partial charge in [-0.25, -0.2) is 9.69 Å². The van der Waals surface area contributed by atoms with Crippen LogP contribution in [0.25, 0.3) is 6.08 Å². The van der Waals surface area contributed by atoms with Gasteiger partial charge in [-0.2, -0.15) is 0 Å². The van der Waals surface area contributed by atoms with E-state index in [0.29, 0.717) is 17.0 Å². The molecular weight excluding hydrogens is 505 g/mol. The summed E-state index contributed by atoms with van der Waals surface area (Å²) in [6, 6.07) is 17.2. The van der Waals surface area contributed by atoms with Crippen molar-refractivity contribution in [3.63, 3.8) is 0 Å². The average Bonchev–Trinajstić information content (AvgIpc) is 2.84. The maximum Gasteiger partial charge on any atom is 0.335 e. The molecule has 1 fully saturated rings. The highest BCUT2D eigenvalue weighted by Crippen LogP contribution is 2.29. The smallest absolute Gasteiger partial charge is 0.335 e. The van der Waals surface area contributed by atoms with Gasteiger partial charge >= 0.3 is 6.03 Å². The summed E-state index contributed by atoms with van der Waals surface area (Å²) in [4.78, 5) is 50.9. The van der Waals surface area contributed by atoms with Gasteiger partial charge in [-0.3, -0.25) is 19.7 Å². The van der Waals surface area contributed by atoms with Crippen LogP contribution in [0, 0.1) is 6.92 Å². The molecule has 0 bridgehead atoms. The predicted octanol–water partition coefficient (Wildman–Crippen LogP) is 4.99. The van der Waals surface area contributed by atoms with E-state index in [1.165, 1.54) is 24.3 Å². The predicted molar refractivity (Wildman–Crippen MR) is 137 cm³/mol. The van der Waals surface area contributed by atoms with E-state index in [2.05, 4.69) is 10.6 Å². The molecule has 4 rings (SSSR count). The topological polar surface area (TPSA) is 105 Å². The van der Waals surface area contributed by atoms with E-state index >= 15 is 0 Å². The van der Waals surface area contributed by atoms with Crippen molar-refractivity contribution in [2.45, 2.75) is 6.92 Å². The lowest BCUT2D eigenvalue weighted by molar-refractivity contribution is -0.122. The number of rotatable bonds is 6. The van der Waals surface area contributed by atoms with Crippen LogP contribution in [-0.4, -0.2) is 30.4 Å². The van der Waals surface area contributed by atoms with E-state index in [4.69, 9.17) is 27.9 Å². The Morgan fingerprint density at radius 1 is 1.00 bits per heavy atom. The molecule has 0 aromatic heterocycles. The fourth-order valence-corrected chi connectivity index (χ4v) is 3.72. The van der Waals surface area contributed by atoms with Crippen LogP contribution in [0.2, 0.25) is 10.0 Å². The van der Waals surface area contributed by atoms with Crippen LogP contribution < -0.4 is 20.3 Å². The highest BCUT2D eigenvalue weighted by Gasteiger charge is 2.37. The first kappa shape index (κ1) is 25.0. The van der Waals surface area contributed by atoms with Crippen molar-refractivity contribution >= 4 is 64.4 Å². The summed E-state index contributed by atoms with van der Waals surface area (Å²) in [5.74, 6) is -1.66. The zero-order chi connectivity index (χ0) is 25.8. The lowest BCUT2D eigenvalue weighted by Crippen LogP contribution is -2.54. The first-order chi connectivity index (χ1) is 17.2. The average molecular weight is 524 g/mol. The van der Waals surface area contributed by atoms with Crippen molar-refractivity contribution < 1.29 is 23.9 Å². The summed E-state index contributed by atoms with van der Waals surface area (Å²) in [5, 5.41) is 5.32. The van der Waals surface area contributed by atoms with Crippen molar-refractivity contribution in [3.8, 4) is 5.75 Å². The standard InChI is InChI=1S/C26H19Cl2N3O5/c1-15-5-2-3-8-22(15)29-23(32)14-36-18-7-4-6-16(11-18)12-19-24(33)30-26(35)31(25(19)34)17-9-10-20(27)21(28)13-17/h2-13H,14H2,1H3,(H,29,32)(H,30,33,35)/b19-12-. The van der Waals surface area contributed by atoms with Crippen molar-refractivity contribution in [1.82, 2.24) is 5.32 Å². The number of urea groups is 1. The SMILES string of the molecule is Cc1ccccc1NC(=O)COc1cccc(/C=C2/C(=O)NC(=O)N(c3ccc(Cl)c(Cl)c3)C2=O)c1. The molecule has 0 spiro atoms. The molecule has 5 amide bonds. The zero-order valence-electron chi connectivity index (χ0n) is 18.9. The molecule has 1 heterocycles. The molecule has 0 radical (unpaired) electrons. The van der Waals surface area contributed by atoms with Crippen LogP contribution in [0.4, 0.5) is 16.2 Å². The van der Waals surface area contributed by atoms with Crippen molar-refractivity contribution in [2.24, 2.45) is 0 Å². The summed E-state index contributed by atoms with van der Waals surface area (Å²) < 4.78 is 5.58. The lowest BCUT2D eigenvalue weighted by Gasteiger charge is -2.26. The summed E-state index contributed by atoms with van der Waals surface area (Å²) >= 11 is 11.9. The molecule has 8 nitrogen and oxygen atoms in total. The van der Waals surface area contributed by atoms with Gasteiger partial charge in [0.2, 0.25) is 0 Å². The largest absolute Gasteiger partial charge is 0.484 e. The number of carbonyl (C=O) groups is 4. The molecule has 36 heavy (non-hydrogen) atoms. The Bertz CT molecular complexity index is 1420. The van der Waals surface area contributed by atoms with Gasteiger partial charge < -0.3 is 10.1 Å². The summed E-state index contributed by atoms with van der Waals surface area (Å²) in [6.07, 6.45) is 1.33. The summed E-state index contributed by atoms with van der Waals surface area (Å²) in [5.41, 5.74) is 1.95. The molecular formula is C26H19Cl2N3O5. The molecule has 2 N–H and O–H groups in total. The molecule has 10 heteroatoms. The molecule has 1 aliphatic heterocycles. The molecule has 3 aromatic carbocycles. The van der Waals surface area contributed by atoms with Gasteiger partial charge in [-0.1, -0.05) is 53.5 Å². The number of benzene rings is 3. The maximum absolute atomic E-state index is 13.1. The Hall–Kier alpha value is -4.14. The minimum absolute atomic E-state index is 0.147. The number of carbonyl (C=O) groups excluding carboxylic acids is 4. The number of hydrogen-bond donors (Lipinski definition) is 2. The molecule has 0 saturated carbocycles. The van der Waals surface area contributed by atoms with E-state index < -0.39 is 17.8 Å². The second-order valence-corrected chi connectivity index (χ2v) is 8.59. The van der Waals surface area contributed by atoms with Gasteiger partial charge in [-0.15, -0.1) is 0 Å². The first-order valence-electron chi connectivity index (χ1n) is 10.7. The Morgan fingerprint density at radius 3 is 2.53 bits per heavy atom. The second-order valence-electron chi connectivity index (χ2n) is 7.78. The molecule has 0 aliphatic carbocycles. The van der Waals surface area contributed by atoms with E-state index in [1.807, 2.05) is 25.1 Å². The van der Waals surface area contributed by atoms with Crippen molar-refractivity contribution in [2.75, 3.05) is 16.8 Å². The van der Waals surface area contributed by atoms with Crippen LogP contribution in [-0.2, 0) is 14.4 Å². The summed E-state index contributed by atoms with van der Waals surface area (Å²) in [7, 11) is 0. The third-order valence-corrected chi connectivity index (χ3v) is 5.96. The number of ether oxygens (including phenoxy) is 1. The number of halogens is 2. The number of aryl methyl sites for hydroxylation is 1. The van der Waals surface area contributed by atoms with E-state index in [9.17, 15) is 19.2 Å². The van der Waals surface area contributed by atoms with E-state index in [0.717, 1.165) is 10.5 Å². The van der Waals surface area contributed by atoms with Crippen LogP contribution in [0.5, 0.6) is 5.75 Å². The van der Waals surface area contributed by atoms with Gasteiger partial charge in [0.05, 0.1) is 15.7 Å². The van der Waals surface area contributed by atoms with Gasteiger partial charge in [-0.05, 0) is 60.5 Å². The Balaban J connectivity index is 1.50. The normalized spacial score (nSPS) is 14.6. The van der Waals surface area contributed by atoms with Crippen LogP contribution in [0.15, 0.2) is 72.3 Å². The van der Waals surface area contributed by atoms with E-state index in [1.54, 1.807) is 30.3 Å². The molecule has 182 valence electrons. The molecule has 0 atom stereocenters. The molecule has 1 saturated heterocycles. The van der Waals surface area contributed by atoms with Gasteiger partial charge in [0.25, 0.3) is 17.7 Å². The number of anilines is 2. The van der Waals surface area contributed by atoms with Crippen molar-refractivity contribution in [1.29, 1.82) is 0 Å². The number of imide groups is 2. The number of nitrogens with one attached hydrogen (secondary N) is 2. The first-order valence-corrected chi connectivity index (χ1v) is 11.4. The van der Waals surface area contributed by atoms with Crippen LogP contribution in [0.1, 0.15) is 11.1 Å². The fourth-order valence-electron chi connectivity index (χ4n) is 3.43. The Kier molecular flexibility index (Phi) is 7.38. The second kappa shape index (κ2) is 10.6. The third kappa shape index (κ3) is 5.56. The van der Waals surface area contributed by atoms with Gasteiger partial charge in [0.15, 0.2) is 6.61 Å². The minimum atomic E-state index is -0.905. The zero-order valence-corrected chi connectivity index (χ0v) is 20.4. The van der Waals surface area contributed by atoms with E-state index in [-0.39, 0.29) is 33.8 Å². The quantitative estimate of drug-likeness (QED) is 0.350. The van der Waals surface area contributed by atoms with Crippen molar-refractivity contribution in [3.05, 3.63) is 93.5 Å². The third-order valence-electron chi connectivity index (χ3n) is 5.22. The van der Waals surface area contributed by atoms with Crippen LogP contribution >= 0.6 is 23.2 Å².